The summed E-state index contributed by atoms with van der Waals surface area (Å²) < 4.78 is 3.79. The van der Waals surface area contributed by atoms with E-state index in [4.69, 9.17) is 0 Å². The van der Waals surface area contributed by atoms with Crippen LogP contribution in [0.1, 0.15) is 34.1 Å². The molecule has 7 nitrogen and oxygen atoms in total. The number of carbonyl (C=O) groups excluding carboxylic acids is 1. The van der Waals surface area contributed by atoms with Crippen LogP contribution in [0.25, 0.3) is 4.96 Å². The molecule has 0 saturated carbocycles. The lowest BCUT2D eigenvalue weighted by atomic mass is 9.84. The second kappa shape index (κ2) is 6.61. The molecule has 3 aromatic heterocycles. The molecule has 3 aromatic rings. The number of carbonyl (C=O) groups is 1. The quantitative estimate of drug-likeness (QED) is 0.710. The highest BCUT2D eigenvalue weighted by atomic mass is 32.1. The molecule has 2 atom stereocenters. The Balaban J connectivity index is 1.29. The summed E-state index contributed by atoms with van der Waals surface area (Å²) in [5, 5.41) is 8.29. The van der Waals surface area contributed by atoms with Gasteiger partial charge in [-0.3, -0.25) is 14.0 Å². The van der Waals surface area contributed by atoms with Crippen molar-refractivity contribution in [1.29, 1.82) is 0 Å². The first-order valence-electron chi connectivity index (χ1n) is 9.33. The molecule has 27 heavy (non-hydrogen) atoms. The summed E-state index contributed by atoms with van der Waals surface area (Å²) >= 11 is 1.58. The molecule has 2 bridgehead atoms. The monoisotopic (exact) mass is 383 g/mol. The molecule has 0 radical (unpaired) electrons. The number of piperidine rings is 1. The number of fused-ring (bicyclic) bond motifs is 5. The van der Waals surface area contributed by atoms with Gasteiger partial charge in [0.15, 0.2) is 4.96 Å². The van der Waals surface area contributed by atoms with E-state index in [2.05, 4.69) is 15.6 Å². The Hall–Kier alpha value is -2.45. The molecule has 140 valence electrons. The molecule has 2 aliphatic heterocycles. The largest absolute Gasteiger partial charge is 0.351 e. The third-order valence-electron chi connectivity index (χ3n) is 5.56. The fourth-order valence-electron chi connectivity index (χ4n) is 4.26. The summed E-state index contributed by atoms with van der Waals surface area (Å²) in [5.41, 5.74) is 2.06. The molecular formula is C19H21N5O2S. The van der Waals surface area contributed by atoms with Gasteiger partial charge in [0.25, 0.3) is 11.5 Å². The Kier molecular flexibility index (Phi) is 4.09. The summed E-state index contributed by atoms with van der Waals surface area (Å²) in [4.78, 5) is 30.9. The second-order valence-corrected chi connectivity index (χ2v) is 8.25. The maximum atomic E-state index is 12.9. The van der Waals surface area contributed by atoms with Crippen molar-refractivity contribution in [3.05, 3.63) is 57.2 Å². The average Bonchev–Trinajstić information content (AvgIpc) is 3.24. The van der Waals surface area contributed by atoms with Gasteiger partial charge in [-0.25, -0.2) is 4.98 Å². The van der Waals surface area contributed by atoms with E-state index in [-0.39, 0.29) is 17.0 Å². The molecule has 8 heteroatoms. The Morgan fingerprint density at radius 1 is 1.37 bits per heavy atom. The number of nitrogens with one attached hydrogen (secondary N) is 2. The van der Waals surface area contributed by atoms with Crippen LogP contribution in [0, 0.1) is 5.92 Å². The SMILES string of the molecule is O=C(NCCc1cn2ccsc2n1)c1ccc2n(c1=O)C[C@@H]1CNC[C@H]2C1. The molecular weight excluding hydrogens is 362 g/mol. The average molecular weight is 383 g/mol. The molecule has 1 fully saturated rings. The van der Waals surface area contributed by atoms with Crippen molar-refractivity contribution in [2.24, 2.45) is 5.92 Å². The zero-order chi connectivity index (χ0) is 18.4. The smallest absolute Gasteiger partial charge is 0.263 e. The van der Waals surface area contributed by atoms with E-state index in [9.17, 15) is 9.59 Å². The molecule has 2 aliphatic rings. The van der Waals surface area contributed by atoms with Gasteiger partial charge in [-0.1, -0.05) is 0 Å². The highest BCUT2D eigenvalue weighted by Crippen LogP contribution is 2.31. The van der Waals surface area contributed by atoms with E-state index >= 15 is 0 Å². The van der Waals surface area contributed by atoms with Crippen LogP contribution in [0.5, 0.6) is 0 Å². The molecule has 1 saturated heterocycles. The Morgan fingerprint density at radius 3 is 3.19 bits per heavy atom. The van der Waals surface area contributed by atoms with Crippen LogP contribution in [0.3, 0.4) is 0 Å². The van der Waals surface area contributed by atoms with Gasteiger partial charge >= 0.3 is 0 Å². The molecule has 5 rings (SSSR count). The normalized spacial score (nSPS) is 21.2. The Labute approximate surface area is 160 Å². The van der Waals surface area contributed by atoms with Gasteiger partial charge in [0.1, 0.15) is 5.56 Å². The molecule has 2 N–H and O–H groups in total. The maximum absolute atomic E-state index is 12.9. The number of nitrogens with zero attached hydrogens (tertiary/aromatic N) is 3. The van der Waals surface area contributed by atoms with Gasteiger partial charge in [-0.15, -0.1) is 11.3 Å². The first kappa shape index (κ1) is 16.7. The zero-order valence-corrected chi connectivity index (χ0v) is 15.7. The number of thiazole rings is 1. The number of imidazole rings is 1. The van der Waals surface area contributed by atoms with Crippen molar-refractivity contribution in [2.45, 2.75) is 25.3 Å². The summed E-state index contributed by atoms with van der Waals surface area (Å²) in [6.45, 7) is 3.01. The summed E-state index contributed by atoms with van der Waals surface area (Å²) in [6, 6.07) is 3.64. The van der Waals surface area contributed by atoms with E-state index in [1.54, 1.807) is 17.4 Å². The second-order valence-electron chi connectivity index (χ2n) is 7.38. The van der Waals surface area contributed by atoms with Crippen molar-refractivity contribution in [3.8, 4) is 0 Å². The number of hydrogen-bond acceptors (Lipinski definition) is 5. The van der Waals surface area contributed by atoms with Crippen molar-refractivity contribution >= 4 is 22.2 Å². The number of hydrogen-bond donors (Lipinski definition) is 2. The lowest BCUT2D eigenvalue weighted by Crippen LogP contribution is -2.46. The number of amides is 1. The van der Waals surface area contributed by atoms with Crippen LogP contribution in [0.2, 0.25) is 0 Å². The van der Waals surface area contributed by atoms with E-state index in [0.717, 1.165) is 35.9 Å². The minimum Gasteiger partial charge on any atom is -0.351 e. The maximum Gasteiger partial charge on any atom is 0.263 e. The first-order valence-corrected chi connectivity index (χ1v) is 10.2. The topological polar surface area (TPSA) is 80.4 Å². The highest BCUT2D eigenvalue weighted by Gasteiger charge is 2.31. The molecule has 0 unspecified atom stereocenters. The Morgan fingerprint density at radius 2 is 2.30 bits per heavy atom. The van der Waals surface area contributed by atoms with Crippen LogP contribution in [-0.2, 0) is 13.0 Å². The van der Waals surface area contributed by atoms with Gasteiger partial charge < -0.3 is 15.2 Å². The van der Waals surface area contributed by atoms with Gasteiger partial charge in [-0.2, -0.15) is 0 Å². The molecule has 0 spiro atoms. The lowest BCUT2D eigenvalue weighted by molar-refractivity contribution is 0.0951. The Bertz CT molecular complexity index is 1040. The summed E-state index contributed by atoms with van der Waals surface area (Å²) in [6.07, 6.45) is 5.70. The van der Waals surface area contributed by atoms with E-state index < -0.39 is 0 Å². The van der Waals surface area contributed by atoms with Crippen LogP contribution in [0.4, 0.5) is 0 Å². The predicted octanol–water partition coefficient (Wildman–Crippen LogP) is 1.24. The van der Waals surface area contributed by atoms with Crippen LogP contribution in [-0.4, -0.2) is 39.5 Å². The van der Waals surface area contributed by atoms with Crippen LogP contribution >= 0.6 is 11.3 Å². The first-order chi connectivity index (χ1) is 13.2. The minimum absolute atomic E-state index is 0.163. The fourth-order valence-corrected chi connectivity index (χ4v) is 4.98. The van der Waals surface area contributed by atoms with Crippen molar-refractivity contribution in [3.63, 3.8) is 0 Å². The molecule has 0 aliphatic carbocycles. The molecule has 1 amide bonds. The zero-order valence-electron chi connectivity index (χ0n) is 14.9. The van der Waals surface area contributed by atoms with Crippen molar-refractivity contribution in [1.82, 2.24) is 24.6 Å². The van der Waals surface area contributed by atoms with Gasteiger partial charge in [0.2, 0.25) is 0 Å². The molecule has 0 aromatic carbocycles. The number of rotatable bonds is 4. The number of aromatic nitrogens is 3. The van der Waals surface area contributed by atoms with Gasteiger partial charge in [0.05, 0.1) is 5.69 Å². The minimum atomic E-state index is -0.301. The summed E-state index contributed by atoms with van der Waals surface area (Å²) in [5.74, 6) is 0.546. The predicted molar refractivity (Wildman–Crippen MR) is 104 cm³/mol. The lowest BCUT2D eigenvalue weighted by Gasteiger charge is -2.37. The van der Waals surface area contributed by atoms with Crippen LogP contribution in [0.15, 0.2) is 34.7 Å². The van der Waals surface area contributed by atoms with Gasteiger partial charge in [-0.05, 0) is 31.0 Å². The standard InChI is InChI=1S/C19H21N5O2S/c25-17(21-4-3-14-11-23-5-6-27-19(23)22-14)15-1-2-16-13-7-12(8-20-9-13)10-24(16)18(15)26/h1-2,5-6,11-13,20H,3-4,7-10H2,(H,21,25)/t12-,13+/m0/s1. The number of pyridine rings is 1. The summed E-state index contributed by atoms with van der Waals surface area (Å²) in [7, 11) is 0. The third kappa shape index (κ3) is 2.98. The fraction of sp³-hybridized carbons (Fsp3) is 0.421. The van der Waals surface area contributed by atoms with E-state index in [0.29, 0.717) is 31.3 Å². The van der Waals surface area contributed by atoms with Crippen molar-refractivity contribution in [2.75, 3.05) is 19.6 Å². The van der Waals surface area contributed by atoms with Crippen LogP contribution < -0.4 is 16.2 Å². The van der Waals surface area contributed by atoms with E-state index in [1.807, 2.05) is 32.8 Å². The molecule has 5 heterocycles. The van der Waals surface area contributed by atoms with E-state index in [1.165, 1.54) is 0 Å². The highest BCUT2D eigenvalue weighted by molar-refractivity contribution is 7.15. The van der Waals surface area contributed by atoms with Gasteiger partial charge in [0, 0.05) is 55.4 Å². The third-order valence-corrected chi connectivity index (χ3v) is 6.33. The van der Waals surface area contributed by atoms with Crippen molar-refractivity contribution < 1.29 is 4.79 Å².